The maximum absolute atomic E-state index is 14.0. The van der Waals surface area contributed by atoms with E-state index in [4.69, 9.17) is 0 Å². The highest BCUT2D eigenvalue weighted by atomic mass is 32.1. The number of likely N-dealkylation sites (tertiary alicyclic amines) is 1. The van der Waals surface area contributed by atoms with Crippen molar-refractivity contribution in [1.29, 1.82) is 0 Å². The van der Waals surface area contributed by atoms with E-state index in [-0.39, 0.29) is 11.7 Å². The molecule has 1 amide bonds. The van der Waals surface area contributed by atoms with E-state index >= 15 is 0 Å². The van der Waals surface area contributed by atoms with Crippen molar-refractivity contribution in [2.75, 3.05) is 46.8 Å². The minimum absolute atomic E-state index is 0.0191. The zero-order chi connectivity index (χ0) is 20.8. The second-order valence-corrected chi connectivity index (χ2v) is 8.83. The number of amides is 1. The lowest BCUT2D eigenvalue weighted by Gasteiger charge is -2.36. The summed E-state index contributed by atoms with van der Waals surface area (Å²) < 4.78 is 18.0. The van der Waals surface area contributed by atoms with E-state index in [0.717, 1.165) is 38.0 Å². The second-order valence-electron chi connectivity index (χ2n) is 8.08. The van der Waals surface area contributed by atoms with E-state index in [2.05, 4.69) is 19.4 Å². The number of piperidine rings is 1. The molecule has 1 saturated heterocycles. The van der Waals surface area contributed by atoms with E-state index in [9.17, 15) is 9.18 Å². The van der Waals surface area contributed by atoms with Gasteiger partial charge in [-0.25, -0.2) is 4.39 Å². The van der Waals surface area contributed by atoms with Crippen LogP contribution >= 0.6 is 11.5 Å². The molecule has 1 aliphatic heterocycles. The first-order valence-corrected chi connectivity index (χ1v) is 10.9. The van der Waals surface area contributed by atoms with Gasteiger partial charge in [-0.15, -0.1) is 5.10 Å². The molecule has 3 rings (SSSR count). The smallest absolute Gasteiger partial charge is 0.267 e. The molecule has 0 aliphatic carbocycles. The number of carbonyl (C=O) groups excluding carboxylic acids is 1. The molecule has 1 atom stereocenters. The van der Waals surface area contributed by atoms with Crippen LogP contribution in [0.25, 0.3) is 0 Å². The summed E-state index contributed by atoms with van der Waals surface area (Å²) in [4.78, 5) is 20.1. The molecule has 158 valence electrons. The van der Waals surface area contributed by atoms with Crippen molar-refractivity contribution in [3.8, 4) is 0 Å². The van der Waals surface area contributed by atoms with Crippen LogP contribution in [0.5, 0.6) is 0 Å². The number of benzene rings is 1. The van der Waals surface area contributed by atoms with Gasteiger partial charge < -0.3 is 9.80 Å². The van der Waals surface area contributed by atoms with Crippen LogP contribution in [0.1, 0.15) is 33.8 Å². The van der Waals surface area contributed by atoms with Crippen LogP contribution in [0.2, 0.25) is 0 Å². The van der Waals surface area contributed by atoms with Gasteiger partial charge in [0, 0.05) is 38.3 Å². The van der Waals surface area contributed by atoms with Crippen molar-refractivity contribution >= 4 is 17.4 Å². The molecule has 2 heterocycles. The van der Waals surface area contributed by atoms with Crippen molar-refractivity contribution in [2.45, 2.75) is 26.3 Å². The van der Waals surface area contributed by atoms with Crippen molar-refractivity contribution in [3.63, 3.8) is 0 Å². The Balaban J connectivity index is 1.65. The first kappa shape index (κ1) is 21.8. The van der Waals surface area contributed by atoms with Gasteiger partial charge in [0.1, 0.15) is 10.7 Å². The Labute approximate surface area is 176 Å². The molecule has 0 spiro atoms. The Kier molecular flexibility index (Phi) is 7.69. The summed E-state index contributed by atoms with van der Waals surface area (Å²) in [6.45, 7) is 6.48. The first-order valence-electron chi connectivity index (χ1n) is 10.1. The van der Waals surface area contributed by atoms with Crippen LogP contribution in [0.3, 0.4) is 0 Å². The highest BCUT2D eigenvalue weighted by Gasteiger charge is 2.27. The van der Waals surface area contributed by atoms with Gasteiger partial charge in [0.15, 0.2) is 0 Å². The van der Waals surface area contributed by atoms with Crippen molar-refractivity contribution < 1.29 is 9.18 Å². The van der Waals surface area contributed by atoms with E-state index in [1.165, 1.54) is 17.6 Å². The molecule has 2 aromatic rings. The number of halogens is 1. The molecule has 6 nitrogen and oxygen atoms in total. The number of likely N-dealkylation sites (N-methyl/N-ethyl adjacent to an activating group) is 1. The number of aryl methyl sites for hydroxylation is 1. The summed E-state index contributed by atoms with van der Waals surface area (Å²) in [5, 5.41) is 4.00. The van der Waals surface area contributed by atoms with Crippen molar-refractivity contribution in [2.24, 2.45) is 5.92 Å². The Morgan fingerprint density at radius 2 is 2.10 bits per heavy atom. The van der Waals surface area contributed by atoms with E-state index in [1.54, 1.807) is 6.07 Å². The van der Waals surface area contributed by atoms with Crippen LogP contribution in [-0.4, -0.2) is 77.0 Å². The third-order valence-electron chi connectivity index (χ3n) is 5.38. The van der Waals surface area contributed by atoms with Gasteiger partial charge in [-0.1, -0.05) is 22.7 Å². The Hall–Kier alpha value is -1.90. The number of nitrogens with zero attached hydrogens (tertiary/aromatic N) is 5. The lowest BCUT2D eigenvalue weighted by molar-refractivity contribution is 0.0664. The zero-order valence-electron chi connectivity index (χ0n) is 17.5. The second kappa shape index (κ2) is 10.2. The van der Waals surface area contributed by atoms with Gasteiger partial charge in [-0.3, -0.25) is 9.69 Å². The summed E-state index contributed by atoms with van der Waals surface area (Å²) in [6.07, 6.45) is 2.15. The number of carbonyl (C=O) groups is 1. The predicted octanol–water partition coefficient (Wildman–Crippen LogP) is 2.90. The third kappa shape index (κ3) is 6.04. The first-order chi connectivity index (χ1) is 13.9. The van der Waals surface area contributed by atoms with Gasteiger partial charge in [0.25, 0.3) is 5.91 Å². The van der Waals surface area contributed by atoms with Gasteiger partial charge >= 0.3 is 0 Å². The maximum atomic E-state index is 14.0. The molecule has 1 aliphatic rings. The maximum Gasteiger partial charge on any atom is 0.267 e. The average molecular weight is 420 g/mol. The molecule has 0 saturated carbocycles. The number of aromatic nitrogens is 2. The van der Waals surface area contributed by atoms with E-state index in [1.807, 2.05) is 38.1 Å². The predicted molar refractivity (Wildman–Crippen MR) is 114 cm³/mol. The Morgan fingerprint density at radius 3 is 2.79 bits per heavy atom. The fraction of sp³-hybridized carbons (Fsp3) is 0.571. The molecule has 1 unspecified atom stereocenters. The van der Waals surface area contributed by atoms with Crippen LogP contribution in [0.4, 0.5) is 4.39 Å². The van der Waals surface area contributed by atoms with Crippen molar-refractivity contribution in [3.05, 3.63) is 46.2 Å². The molecule has 29 heavy (non-hydrogen) atoms. The molecular formula is C21H30FN5OS. The van der Waals surface area contributed by atoms with Gasteiger partial charge in [0.2, 0.25) is 0 Å². The lowest BCUT2D eigenvalue weighted by Crippen LogP contribution is -2.44. The van der Waals surface area contributed by atoms with Gasteiger partial charge in [0.05, 0.1) is 5.69 Å². The fourth-order valence-corrected chi connectivity index (χ4v) is 4.42. The molecule has 0 N–H and O–H groups in total. The van der Waals surface area contributed by atoms with Gasteiger partial charge in [-0.2, -0.15) is 0 Å². The number of rotatable bonds is 8. The number of hydrogen-bond donors (Lipinski definition) is 0. The van der Waals surface area contributed by atoms with Crippen LogP contribution in [0.15, 0.2) is 24.3 Å². The minimum atomic E-state index is -0.148. The fourth-order valence-electron chi connectivity index (χ4n) is 3.79. The molecule has 1 aromatic carbocycles. The summed E-state index contributed by atoms with van der Waals surface area (Å²) >= 11 is 1.17. The van der Waals surface area contributed by atoms with Crippen LogP contribution in [-0.2, 0) is 6.54 Å². The highest BCUT2D eigenvalue weighted by Crippen LogP contribution is 2.22. The standard InChI is InChI=1S/C21H30FN5OS/c1-16-20(29-24-23-16)21(28)27(12-11-25(2)3)14-17-7-6-10-26(13-17)15-18-8-4-5-9-19(18)22/h4-5,8-9,17H,6-7,10-15H2,1-3H3. The zero-order valence-corrected chi connectivity index (χ0v) is 18.3. The third-order valence-corrected chi connectivity index (χ3v) is 6.20. The van der Waals surface area contributed by atoms with Crippen LogP contribution in [0, 0.1) is 18.7 Å². The van der Waals surface area contributed by atoms with Crippen molar-refractivity contribution in [1.82, 2.24) is 24.3 Å². The topological polar surface area (TPSA) is 52.6 Å². The monoisotopic (exact) mass is 419 g/mol. The van der Waals surface area contributed by atoms with Gasteiger partial charge in [-0.05, 0) is 63.9 Å². The summed E-state index contributed by atoms with van der Waals surface area (Å²) in [7, 11) is 4.03. The summed E-state index contributed by atoms with van der Waals surface area (Å²) in [5.41, 5.74) is 1.43. The summed E-state index contributed by atoms with van der Waals surface area (Å²) in [5.74, 6) is 0.249. The lowest BCUT2D eigenvalue weighted by atomic mass is 9.96. The van der Waals surface area contributed by atoms with Crippen LogP contribution < -0.4 is 0 Å². The van der Waals surface area contributed by atoms with E-state index < -0.39 is 0 Å². The molecular weight excluding hydrogens is 389 g/mol. The minimum Gasteiger partial charge on any atom is -0.336 e. The highest BCUT2D eigenvalue weighted by molar-refractivity contribution is 7.07. The number of hydrogen-bond acceptors (Lipinski definition) is 6. The molecule has 1 aromatic heterocycles. The normalized spacial score (nSPS) is 17.6. The largest absolute Gasteiger partial charge is 0.336 e. The SMILES string of the molecule is Cc1nnsc1C(=O)N(CCN(C)C)CC1CCCN(Cc2ccccc2F)C1. The molecule has 0 bridgehead atoms. The molecule has 0 radical (unpaired) electrons. The molecule has 8 heteroatoms. The Morgan fingerprint density at radius 1 is 1.31 bits per heavy atom. The Bertz CT molecular complexity index is 812. The quantitative estimate of drug-likeness (QED) is 0.659. The van der Waals surface area contributed by atoms with E-state index in [0.29, 0.717) is 36.1 Å². The molecule has 1 fully saturated rings. The average Bonchev–Trinajstić information content (AvgIpc) is 3.12. The summed E-state index contributed by atoms with van der Waals surface area (Å²) in [6, 6.07) is 6.98.